The molecule has 0 bridgehead atoms. The molecule has 0 aromatic heterocycles. The van der Waals surface area contributed by atoms with Gasteiger partial charge in [0.25, 0.3) is 0 Å². The number of hydrogen-bond donors (Lipinski definition) is 2. The van der Waals surface area contributed by atoms with Crippen LogP contribution in [0.15, 0.2) is 0 Å². The van der Waals surface area contributed by atoms with E-state index in [4.69, 9.17) is 5.11 Å². The fraction of sp³-hybridized carbons (Fsp3) is 1.00. The molecule has 5 heteroatoms. The van der Waals surface area contributed by atoms with E-state index < -0.39 is 9.84 Å². The zero-order chi connectivity index (χ0) is 10.3. The van der Waals surface area contributed by atoms with Crippen LogP contribution >= 0.6 is 0 Å². The Kier molecular flexibility index (Phi) is 6.28. The van der Waals surface area contributed by atoms with Crippen molar-refractivity contribution in [3.63, 3.8) is 0 Å². The molecule has 0 spiro atoms. The first-order chi connectivity index (χ1) is 5.98. The molecule has 0 amide bonds. The van der Waals surface area contributed by atoms with Crippen molar-refractivity contribution >= 4 is 9.84 Å². The van der Waals surface area contributed by atoms with Crippen molar-refractivity contribution in [2.75, 3.05) is 24.6 Å². The van der Waals surface area contributed by atoms with E-state index >= 15 is 0 Å². The van der Waals surface area contributed by atoms with Gasteiger partial charge >= 0.3 is 0 Å². The van der Waals surface area contributed by atoms with Crippen molar-refractivity contribution in [3.05, 3.63) is 0 Å². The summed E-state index contributed by atoms with van der Waals surface area (Å²) in [6.07, 6.45) is 0.335. The molecule has 80 valence electrons. The van der Waals surface area contributed by atoms with Gasteiger partial charge in [0.15, 0.2) is 9.84 Å². The highest BCUT2D eigenvalue weighted by Crippen LogP contribution is 1.88. The lowest BCUT2D eigenvalue weighted by molar-refractivity contribution is 0.184. The van der Waals surface area contributed by atoms with Gasteiger partial charge in [-0.3, -0.25) is 0 Å². The lowest BCUT2D eigenvalue weighted by atomic mass is 10.3. The maximum atomic E-state index is 11.0. The molecule has 1 unspecified atom stereocenters. The van der Waals surface area contributed by atoms with Crippen LogP contribution in [0.3, 0.4) is 0 Å². The Morgan fingerprint density at radius 3 is 2.46 bits per heavy atom. The summed E-state index contributed by atoms with van der Waals surface area (Å²) >= 11 is 0. The predicted octanol–water partition coefficient (Wildman–Crippen LogP) is -0.218. The fourth-order valence-electron chi connectivity index (χ4n) is 0.808. The Balaban J connectivity index is 3.37. The van der Waals surface area contributed by atoms with Crippen LogP contribution in [0.4, 0.5) is 0 Å². The minimum absolute atomic E-state index is 0.184. The molecule has 13 heavy (non-hydrogen) atoms. The van der Waals surface area contributed by atoms with Gasteiger partial charge in [0.05, 0.1) is 11.9 Å². The second-order valence-electron chi connectivity index (χ2n) is 3.12. The van der Waals surface area contributed by atoms with Gasteiger partial charge in [0.1, 0.15) is 0 Å². The SMILES string of the molecule is CCS(=O)(=O)CCNCCC(C)O. The summed E-state index contributed by atoms with van der Waals surface area (Å²) in [5, 5.41) is 11.9. The summed E-state index contributed by atoms with van der Waals surface area (Å²) in [5.41, 5.74) is 0. The van der Waals surface area contributed by atoms with Gasteiger partial charge in [-0.2, -0.15) is 0 Å². The van der Waals surface area contributed by atoms with E-state index in [0.29, 0.717) is 19.5 Å². The van der Waals surface area contributed by atoms with Crippen LogP contribution in [-0.4, -0.2) is 44.2 Å². The van der Waals surface area contributed by atoms with E-state index in [1.165, 1.54) is 0 Å². The molecule has 0 aromatic carbocycles. The molecular weight excluding hydrogens is 190 g/mol. The fourth-order valence-corrected chi connectivity index (χ4v) is 1.55. The Morgan fingerprint density at radius 1 is 1.38 bits per heavy atom. The van der Waals surface area contributed by atoms with E-state index in [1.807, 2.05) is 0 Å². The van der Waals surface area contributed by atoms with Gasteiger partial charge in [-0.05, 0) is 19.9 Å². The number of nitrogens with one attached hydrogen (secondary N) is 1. The molecule has 0 rings (SSSR count). The molecule has 0 saturated heterocycles. The second-order valence-corrected chi connectivity index (χ2v) is 5.60. The molecule has 4 nitrogen and oxygen atoms in total. The second kappa shape index (κ2) is 6.34. The van der Waals surface area contributed by atoms with Gasteiger partial charge in [-0.1, -0.05) is 6.92 Å². The Labute approximate surface area is 80.3 Å². The molecule has 0 aromatic rings. The lowest BCUT2D eigenvalue weighted by Crippen LogP contribution is -2.26. The quantitative estimate of drug-likeness (QED) is 0.569. The van der Waals surface area contributed by atoms with E-state index in [2.05, 4.69) is 5.32 Å². The van der Waals surface area contributed by atoms with Crippen LogP contribution < -0.4 is 5.32 Å². The zero-order valence-electron chi connectivity index (χ0n) is 8.28. The number of hydrogen-bond acceptors (Lipinski definition) is 4. The summed E-state index contributed by atoms with van der Waals surface area (Å²) in [7, 11) is -2.85. The first kappa shape index (κ1) is 12.9. The monoisotopic (exact) mass is 209 g/mol. The van der Waals surface area contributed by atoms with Crippen LogP contribution in [0.2, 0.25) is 0 Å². The van der Waals surface area contributed by atoms with Crippen LogP contribution in [0, 0.1) is 0 Å². The largest absolute Gasteiger partial charge is 0.393 e. The van der Waals surface area contributed by atoms with Crippen LogP contribution in [-0.2, 0) is 9.84 Å². The van der Waals surface area contributed by atoms with Crippen molar-refractivity contribution < 1.29 is 13.5 Å². The minimum Gasteiger partial charge on any atom is -0.393 e. The summed E-state index contributed by atoms with van der Waals surface area (Å²) in [6, 6.07) is 0. The zero-order valence-corrected chi connectivity index (χ0v) is 9.10. The highest BCUT2D eigenvalue weighted by atomic mass is 32.2. The van der Waals surface area contributed by atoms with E-state index in [0.717, 1.165) is 0 Å². The first-order valence-electron chi connectivity index (χ1n) is 4.57. The van der Waals surface area contributed by atoms with Gasteiger partial charge in [0.2, 0.25) is 0 Å². The minimum atomic E-state index is -2.85. The van der Waals surface area contributed by atoms with E-state index in [9.17, 15) is 8.42 Å². The highest BCUT2D eigenvalue weighted by Gasteiger charge is 2.05. The Morgan fingerprint density at radius 2 is 2.00 bits per heavy atom. The van der Waals surface area contributed by atoms with Gasteiger partial charge < -0.3 is 10.4 Å². The van der Waals surface area contributed by atoms with Crippen LogP contribution in [0.25, 0.3) is 0 Å². The summed E-state index contributed by atoms with van der Waals surface area (Å²) in [5.74, 6) is 0.383. The van der Waals surface area contributed by atoms with Crippen molar-refractivity contribution in [1.29, 1.82) is 0 Å². The molecule has 0 radical (unpaired) electrons. The van der Waals surface area contributed by atoms with Gasteiger partial charge in [-0.25, -0.2) is 8.42 Å². The molecule has 1 atom stereocenters. The highest BCUT2D eigenvalue weighted by molar-refractivity contribution is 7.91. The standard InChI is InChI=1S/C8H19NO3S/c1-3-13(11,12)7-6-9-5-4-8(2)10/h8-10H,3-7H2,1-2H3. The van der Waals surface area contributed by atoms with Crippen molar-refractivity contribution in [2.24, 2.45) is 0 Å². The molecule has 0 heterocycles. The summed E-state index contributed by atoms with van der Waals surface area (Å²) in [4.78, 5) is 0. The van der Waals surface area contributed by atoms with E-state index in [-0.39, 0.29) is 17.6 Å². The molecule has 0 aliphatic rings. The number of sulfone groups is 1. The van der Waals surface area contributed by atoms with Crippen LogP contribution in [0.5, 0.6) is 0 Å². The third kappa shape index (κ3) is 8.21. The number of aliphatic hydroxyl groups excluding tert-OH is 1. The molecular formula is C8H19NO3S. The Hall–Kier alpha value is -0.130. The maximum Gasteiger partial charge on any atom is 0.151 e. The van der Waals surface area contributed by atoms with Crippen molar-refractivity contribution in [1.82, 2.24) is 5.32 Å². The first-order valence-corrected chi connectivity index (χ1v) is 6.39. The molecule has 0 aliphatic carbocycles. The number of rotatable bonds is 7. The third-order valence-corrected chi connectivity index (χ3v) is 3.47. The summed E-state index contributed by atoms with van der Waals surface area (Å²) in [6.45, 7) is 4.50. The third-order valence-electron chi connectivity index (χ3n) is 1.77. The van der Waals surface area contributed by atoms with E-state index in [1.54, 1.807) is 13.8 Å². The van der Waals surface area contributed by atoms with Crippen molar-refractivity contribution in [3.8, 4) is 0 Å². The lowest BCUT2D eigenvalue weighted by Gasteiger charge is -2.05. The Bertz CT molecular complexity index is 211. The predicted molar refractivity (Wildman–Crippen MR) is 53.5 cm³/mol. The molecule has 0 saturated carbocycles. The maximum absolute atomic E-state index is 11.0. The van der Waals surface area contributed by atoms with Crippen molar-refractivity contribution in [2.45, 2.75) is 26.4 Å². The molecule has 0 aliphatic heterocycles. The average molecular weight is 209 g/mol. The van der Waals surface area contributed by atoms with Crippen LogP contribution in [0.1, 0.15) is 20.3 Å². The smallest absolute Gasteiger partial charge is 0.151 e. The number of aliphatic hydroxyl groups is 1. The average Bonchev–Trinajstić information content (AvgIpc) is 2.03. The molecule has 0 fully saturated rings. The topological polar surface area (TPSA) is 66.4 Å². The van der Waals surface area contributed by atoms with Gasteiger partial charge in [0, 0.05) is 12.3 Å². The molecule has 2 N–H and O–H groups in total. The van der Waals surface area contributed by atoms with Gasteiger partial charge in [-0.15, -0.1) is 0 Å². The summed E-state index contributed by atoms with van der Waals surface area (Å²) < 4.78 is 22.0. The normalized spacial score (nSPS) is 14.4.